The molecule has 1 amide bonds. The molecule has 0 saturated heterocycles. The maximum absolute atomic E-state index is 11.8. The Morgan fingerprint density at radius 1 is 1.59 bits per heavy atom. The molecule has 17 heavy (non-hydrogen) atoms. The summed E-state index contributed by atoms with van der Waals surface area (Å²) in [5.41, 5.74) is 0.409. The third-order valence-electron chi connectivity index (χ3n) is 2.32. The molecular formula is C10H10Cl2N4O. The zero-order chi connectivity index (χ0) is 12.4. The van der Waals surface area contributed by atoms with E-state index in [9.17, 15) is 4.79 Å². The first-order chi connectivity index (χ1) is 8.09. The van der Waals surface area contributed by atoms with Crippen LogP contribution >= 0.6 is 23.2 Å². The highest BCUT2D eigenvalue weighted by molar-refractivity contribution is 6.41. The zero-order valence-corrected chi connectivity index (χ0v) is 10.5. The fraction of sp³-hybridized carbons (Fsp3) is 0.200. The van der Waals surface area contributed by atoms with E-state index in [1.165, 1.54) is 10.6 Å². The topological polar surface area (TPSA) is 62.7 Å². The van der Waals surface area contributed by atoms with Crippen molar-refractivity contribution in [2.24, 2.45) is 7.05 Å². The zero-order valence-electron chi connectivity index (χ0n) is 9.00. The van der Waals surface area contributed by atoms with Crippen LogP contribution in [0.15, 0.2) is 18.5 Å². The van der Waals surface area contributed by atoms with E-state index in [1.54, 1.807) is 19.4 Å². The summed E-state index contributed by atoms with van der Waals surface area (Å²) < 4.78 is 1.53. The van der Waals surface area contributed by atoms with Gasteiger partial charge in [-0.3, -0.25) is 4.79 Å². The fourth-order valence-corrected chi connectivity index (χ4v) is 1.79. The fourth-order valence-electron chi connectivity index (χ4n) is 1.41. The van der Waals surface area contributed by atoms with Crippen LogP contribution in [0.25, 0.3) is 0 Å². The molecule has 0 aromatic carbocycles. The van der Waals surface area contributed by atoms with E-state index in [1.807, 2.05) is 0 Å². The van der Waals surface area contributed by atoms with Crippen LogP contribution in [0.3, 0.4) is 0 Å². The summed E-state index contributed by atoms with van der Waals surface area (Å²) in [4.78, 5) is 18.7. The molecule has 90 valence electrons. The Kier molecular flexibility index (Phi) is 3.40. The first kappa shape index (κ1) is 12.0. The molecule has 0 saturated carbocycles. The average molecular weight is 273 g/mol. The number of hydrogen-bond acceptors (Lipinski definition) is 2. The molecule has 0 bridgehead atoms. The van der Waals surface area contributed by atoms with Gasteiger partial charge in [0.25, 0.3) is 5.91 Å². The van der Waals surface area contributed by atoms with E-state index in [4.69, 9.17) is 23.2 Å². The maximum atomic E-state index is 11.8. The number of H-pyrrole nitrogens is 1. The molecule has 7 heteroatoms. The van der Waals surface area contributed by atoms with Crippen LogP contribution in [0.4, 0.5) is 0 Å². The lowest BCUT2D eigenvalue weighted by Crippen LogP contribution is -2.25. The largest absolute Gasteiger partial charge is 0.347 e. The van der Waals surface area contributed by atoms with Crippen LogP contribution in [0.5, 0.6) is 0 Å². The van der Waals surface area contributed by atoms with Crippen molar-refractivity contribution < 1.29 is 4.79 Å². The normalized spacial score (nSPS) is 10.5. The second-order valence-electron chi connectivity index (χ2n) is 3.45. The molecule has 2 rings (SSSR count). The molecule has 0 aliphatic carbocycles. The van der Waals surface area contributed by atoms with E-state index in [-0.39, 0.29) is 5.91 Å². The summed E-state index contributed by atoms with van der Waals surface area (Å²) in [6.45, 7) is 0.326. The average Bonchev–Trinajstić information content (AvgIpc) is 2.91. The number of imidazole rings is 1. The minimum Gasteiger partial charge on any atom is -0.347 e. The highest BCUT2D eigenvalue weighted by atomic mass is 35.5. The summed E-state index contributed by atoms with van der Waals surface area (Å²) in [7, 11) is 1.68. The lowest BCUT2D eigenvalue weighted by molar-refractivity contribution is 0.0942. The minimum atomic E-state index is -0.252. The van der Waals surface area contributed by atoms with Crippen LogP contribution in [0, 0.1) is 0 Å². The van der Waals surface area contributed by atoms with Gasteiger partial charge in [-0.15, -0.1) is 0 Å². The Morgan fingerprint density at radius 2 is 2.35 bits per heavy atom. The molecule has 5 nitrogen and oxygen atoms in total. The second kappa shape index (κ2) is 4.81. The molecule has 0 fully saturated rings. The lowest BCUT2D eigenvalue weighted by atomic mass is 10.4. The van der Waals surface area contributed by atoms with Gasteiger partial charge in [-0.05, 0) is 6.07 Å². The predicted octanol–water partition coefficient (Wildman–Crippen LogP) is 1.98. The number of aromatic amines is 1. The van der Waals surface area contributed by atoms with Gasteiger partial charge in [0.2, 0.25) is 0 Å². The molecule has 2 aromatic heterocycles. The molecule has 0 aliphatic heterocycles. The number of amides is 1. The van der Waals surface area contributed by atoms with Crippen LogP contribution < -0.4 is 5.32 Å². The smallest absolute Gasteiger partial charge is 0.268 e. The predicted molar refractivity (Wildman–Crippen MR) is 65.2 cm³/mol. The highest BCUT2D eigenvalue weighted by Gasteiger charge is 2.15. The van der Waals surface area contributed by atoms with Gasteiger partial charge < -0.3 is 14.9 Å². The van der Waals surface area contributed by atoms with Gasteiger partial charge >= 0.3 is 0 Å². The lowest BCUT2D eigenvalue weighted by Gasteiger charge is -2.04. The van der Waals surface area contributed by atoms with Crippen molar-refractivity contribution in [2.75, 3.05) is 0 Å². The third-order valence-corrected chi connectivity index (χ3v) is 3.16. The standard InChI is InChI=1S/C10H10Cl2N4O/c1-16-7(4-6(11)9(16)12)10(17)15-5-8-13-2-3-14-8/h2-4H,5H2,1H3,(H,13,14)(H,15,17). The summed E-state index contributed by atoms with van der Waals surface area (Å²) in [6.07, 6.45) is 3.31. The number of nitrogens with zero attached hydrogens (tertiary/aromatic N) is 2. The molecule has 0 radical (unpaired) electrons. The molecule has 2 aromatic rings. The van der Waals surface area contributed by atoms with Crippen molar-refractivity contribution in [3.63, 3.8) is 0 Å². The van der Waals surface area contributed by atoms with E-state index in [2.05, 4.69) is 15.3 Å². The van der Waals surface area contributed by atoms with Crippen molar-refractivity contribution in [3.05, 3.63) is 40.2 Å². The SMILES string of the molecule is Cn1c(C(=O)NCc2ncc[nH]2)cc(Cl)c1Cl. The van der Waals surface area contributed by atoms with Crippen LogP contribution in [-0.4, -0.2) is 20.4 Å². The van der Waals surface area contributed by atoms with Gasteiger partial charge in [0, 0.05) is 19.4 Å². The summed E-state index contributed by atoms with van der Waals surface area (Å²) in [6, 6.07) is 1.53. The first-order valence-corrected chi connectivity index (χ1v) is 5.62. The van der Waals surface area contributed by atoms with Gasteiger partial charge in [-0.1, -0.05) is 23.2 Å². The number of carbonyl (C=O) groups is 1. The Morgan fingerprint density at radius 3 is 2.88 bits per heavy atom. The summed E-state index contributed by atoms with van der Waals surface area (Å²) in [5.74, 6) is 0.433. The number of aromatic nitrogens is 3. The Balaban J connectivity index is 2.07. The van der Waals surface area contributed by atoms with Crippen molar-refractivity contribution in [1.29, 1.82) is 0 Å². The van der Waals surface area contributed by atoms with Gasteiger partial charge in [-0.2, -0.15) is 0 Å². The van der Waals surface area contributed by atoms with Crippen molar-refractivity contribution in [3.8, 4) is 0 Å². The molecule has 0 unspecified atom stereocenters. The summed E-state index contributed by atoms with van der Waals surface area (Å²) >= 11 is 11.7. The molecule has 2 heterocycles. The molecule has 0 atom stereocenters. The Bertz CT molecular complexity index is 533. The van der Waals surface area contributed by atoms with E-state index < -0.39 is 0 Å². The molecular weight excluding hydrogens is 263 g/mol. The third kappa shape index (κ3) is 2.45. The Labute approximate surface area is 108 Å². The molecule has 2 N–H and O–H groups in total. The van der Waals surface area contributed by atoms with Gasteiger partial charge in [0.15, 0.2) is 0 Å². The first-order valence-electron chi connectivity index (χ1n) is 4.86. The van der Waals surface area contributed by atoms with E-state index in [0.29, 0.717) is 28.2 Å². The van der Waals surface area contributed by atoms with Gasteiger partial charge in [0.05, 0.1) is 11.6 Å². The van der Waals surface area contributed by atoms with E-state index >= 15 is 0 Å². The van der Waals surface area contributed by atoms with Crippen molar-refractivity contribution >= 4 is 29.1 Å². The minimum absolute atomic E-state index is 0.252. The number of hydrogen-bond donors (Lipinski definition) is 2. The van der Waals surface area contributed by atoms with E-state index in [0.717, 1.165) is 0 Å². The quantitative estimate of drug-likeness (QED) is 0.898. The van der Waals surface area contributed by atoms with Crippen LogP contribution in [0.2, 0.25) is 10.2 Å². The van der Waals surface area contributed by atoms with Crippen molar-refractivity contribution in [2.45, 2.75) is 6.54 Å². The van der Waals surface area contributed by atoms with Gasteiger partial charge in [0.1, 0.15) is 16.7 Å². The monoisotopic (exact) mass is 272 g/mol. The molecule has 0 aliphatic rings. The second-order valence-corrected chi connectivity index (χ2v) is 4.21. The van der Waals surface area contributed by atoms with Crippen molar-refractivity contribution in [1.82, 2.24) is 19.9 Å². The summed E-state index contributed by atoms with van der Waals surface area (Å²) in [5, 5.41) is 3.41. The highest BCUT2D eigenvalue weighted by Crippen LogP contribution is 2.24. The van der Waals surface area contributed by atoms with Crippen LogP contribution in [-0.2, 0) is 13.6 Å². The van der Waals surface area contributed by atoms with Gasteiger partial charge in [-0.25, -0.2) is 4.98 Å². The maximum Gasteiger partial charge on any atom is 0.268 e. The number of nitrogens with one attached hydrogen (secondary N) is 2. The number of carbonyl (C=O) groups excluding carboxylic acids is 1. The number of halogens is 2. The van der Waals surface area contributed by atoms with Crippen LogP contribution in [0.1, 0.15) is 16.3 Å². The molecule has 0 spiro atoms. The number of rotatable bonds is 3. The Hall–Kier alpha value is -1.46.